The van der Waals surface area contributed by atoms with Gasteiger partial charge < -0.3 is 0 Å². The standard InChI is InChI=1S/C3H5FO3P/c4-3-1-2-6-8(5)7-3/h3H,1-2H2/q+1. The van der Waals surface area contributed by atoms with E-state index < -0.39 is 14.6 Å². The number of hydrogen-bond acceptors (Lipinski definition) is 3. The highest BCUT2D eigenvalue weighted by Crippen LogP contribution is 2.32. The molecule has 3 nitrogen and oxygen atoms in total. The Hall–Kier alpha value is -0.0500. The minimum Gasteiger partial charge on any atom is -0.211 e. The molecule has 0 aliphatic carbocycles. The summed E-state index contributed by atoms with van der Waals surface area (Å²) in [6.07, 6.45) is -1.21. The molecule has 2 unspecified atom stereocenters. The van der Waals surface area contributed by atoms with Crippen LogP contribution in [0.2, 0.25) is 0 Å². The van der Waals surface area contributed by atoms with Gasteiger partial charge in [0, 0.05) is 11.0 Å². The van der Waals surface area contributed by atoms with E-state index in [4.69, 9.17) is 0 Å². The summed E-state index contributed by atoms with van der Waals surface area (Å²) in [5, 5.41) is 0. The average molecular weight is 139 g/mol. The van der Waals surface area contributed by atoms with Crippen LogP contribution in [-0.2, 0) is 13.6 Å². The van der Waals surface area contributed by atoms with Gasteiger partial charge in [-0.05, 0) is 0 Å². The maximum absolute atomic E-state index is 11.9. The Kier molecular flexibility index (Phi) is 1.89. The molecule has 1 rings (SSSR count). The Bertz CT molecular complexity index is 107. The topological polar surface area (TPSA) is 35.5 Å². The first-order chi connectivity index (χ1) is 3.79. The van der Waals surface area contributed by atoms with Crippen LogP contribution in [0.4, 0.5) is 4.39 Å². The second kappa shape index (κ2) is 2.49. The van der Waals surface area contributed by atoms with E-state index in [9.17, 15) is 8.96 Å². The molecular weight excluding hydrogens is 134 g/mol. The molecule has 1 aliphatic rings. The van der Waals surface area contributed by atoms with Crippen LogP contribution in [-0.4, -0.2) is 13.0 Å². The average Bonchev–Trinajstić information content (AvgIpc) is 1.64. The van der Waals surface area contributed by atoms with Gasteiger partial charge in [-0.1, -0.05) is 4.52 Å². The van der Waals surface area contributed by atoms with E-state index in [1.807, 2.05) is 0 Å². The first kappa shape index (κ1) is 6.08. The van der Waals surface area contributed by atoms with Crippen molar-refractivity contribution in [3.63, 3.8) is 0 Å². The molecule has 2 atom stereocenters. The zero-order valence-electron chi connectivity index (χ0n) is 4.04. The predicted molar refractivity (Wildman–Crippen MR) is 24.2 cm³/mol. The minimum atomic E-state index is -2.16. The Balaban J connectivity index is 2.34. The predicted octanol–water partition coefficient (Wildman–Crippen LogP) is 1.38. The SMILES string of the molecule is O=[P+]1OCCC(F)O1. The van der Waals surface area contributed by atoms with Crippen molar-refractivity contribution in [2.24, 2.45) is 0 Å². The van der Waals surface area contributed by atoms with E-state index in [0.29, 0.717) is 0 Å². The van der Waals surface area contributed by atoms with Crippen molar-refractivity contribution in [2.45, 2.75) is 12.8 Å². The Labute approximate surface area is 46.7 Å². The summed E-state index contributed by atoms with van der Waals surface area (Å²) in [5.74, 6) is 0. The molecule has 0 spiro atoms. The summed E-state index contributed by atoms with van der Waals surface area (Å²) in [6.45, 7) is 0.191. The lowest BCUT2D eigenvalue weighted by atomic mass is 10.5. The molecule has 0 aromatic carbocycles. The molecule has 0 aromatic heterocycles. The van der Waals surface area contributed by atoms with E-state index in [-0.39, 0.29) is 13.0 Å². The van der Waals surface area contributed by atoms with Gasteiger partial charge in [-0.25, -0.2) is 4.39 Å². The number of hydrogen-bond donors (Lipinski definition) is 0. The summed E-state index contributed by atoms with van der Waals surface area (Å²) in [5.41, 5.74) is 0. The van der Waals surface area contributed by atoms with Crippen molar-refractivity contribution >= 4 is 8.25 Å². The van der Waals surface area contributed by atoms with Gasteiger partial charge in [0.05, 0.1) is 0 Å². The molecule has 0 saturated carbocycles. The Morgan fingerprint density at radius 2 is 2.50 bits per heavy atom. The third-order valence-corrected chi connectivity index (χ3v) is 1.54. The van der Waals surface area contributed by atoms with Crippen LogP contribution >= 0.6 is 8.25 Å². The fourth-order valence-electron chi connectivity index (χ4n) is 0.396. The highest BCUT2D eigenvalue weighted by Gasteiger charge is 2.32. The third-order valence-electron chi connectivity index (χ3n) is 0.742. The van der Waals surface area contributed by atoms with E-state index in [2.05, 4.69) is 9.05 Å². The molecule has 0 aromatic rings. The lowest BCUT2D eigenvalue weighted by molar-refractivity contribution is 0.00715. The van der Waals surface area contributed by atoms with Crippen LogP contribution in [0.15, 0.2) is 0 Å². The van der Waals surface area contributed by atoms with Gasteiger partial charge in [0.15, 0.2) is 0 Å². The molecule has 0 radical (unpaired) electrons. The van der Waals surface area contributed by atoms with Gasteiger partial charge in [-0.15, -0.1) is 4.52 Å². The van der Waals surface area contributed by atoms with E-state index in [1.165, 1.54) is 0 Å². The summed E-state index contributed by atoms with van der Waals surface area (Å²) in [7, 11) is -2.16. The van der Waals surface area contributed by atoms with Crippen LogP contribution in [0.5, 0.6) is 0 Å². The maximum Gasteiger partial charge on any atom is 0.700 e. The first-order valence-corrected chi connectivity index (χ1v) is 3.29. The Morgan fingerprint density at radius 3 is 2.88 bits per heavy atom. The molecule has 5 heteroatoms. The molecule has 1 heterocycles. The molecule has 8 heavy (non-hydrogen) atoms. The van der Waals surface area contributed by atoms with Crippen molar-refractivity contribution in [2.75, 3.05) is 6.61 Å². The van der Waals surface area contributed by atoms with Crippen molar-refractivity contribution in [1.82, 2.24) is 0 Å². The quantitative estimate of drug-likeness (QED) is 0.475. The van der Waals surface area contributed by atoms with Crippen LogP contribution in [0.1, 0.15) is 6.42 Å². The summed E-state index contributed by atoms with van der Waals surface area (Å²) in [6, 6.07) is 0. The van der Waals surface area contributed by atoms with Crippen molar-refractivity contribution in [1.29, 1.82) is 0 Å². The van der Waals surface area contributed by atoms with Gasteiger partial charge in [0.2, 0.25) is 0 Å². The largest absolute Gasteiger partial charge is 0.700 e. The van der Waals surface area contributed by atoms with Crippen LogP contribution in [0.3, 0.4) is 0 Å². The third kappa shape index (κ3) is 1.47. The second-order valence-electron chi connectivity index (χ2n) is 1.36. The monoisotopic (exact) mass is 139 g/mol. The molecule has 46 valence electrons. The summed E-state index contributed by atoms with van der Waals surface area (Å²) in [4.78, 5) is 0. The number of rotatable bonds is 0. The summed E-state index contributed by atoms with van der Waals surface area (Å²) >= 11 is 0. The van der Waals surface area contributed by atoms with Gasteiger partial charge in [0.25, 0.3) is 6.36 Å². The molecule has 1 fully saturated rings. The van der Waals surface area contributed by atoms with Crippen molar-refractivity contribution in [3.05, 3.63) is 0 Å². The van der Waals surface area contributed by atoms with Gasteiger partial charge in [0.1, 0.15) is 6.61 Å². The van der Waals surface area contributed by atoms with Crippen molar-refractivity contribution < 1.29 is 18.0 Å². The molecule has 0 amide bonds. The van der Waals surface area contributed by atoms with Crippen LogP contribution in [0.25, 0.3) is 0 Å². The second-order valence-corrected chi connectivity index (χ2v) is 2.28. The molecule has 1 saturated heterocycles. The smallest absolute Gasteiger partial charge is 0.211 e. The fraction of sp³-hybridized carbons (Fsp3) is 1.00. The summed E-state index contributed by atoms with van der Waals surface area (Å²) < 4.78 is 30.6. The zero-order valence-corrected chi connectivity index (χ0v) is 4.94. The van der Waals surface area contributed by atoms with Gasteiger partial charge in [-0.2, -0.15) is 0 Å². The molecule has 0 N–H and O–H groups in total. The number of halogens is 1. The van der Waals surface area contributed by atoms with Crippen LogP contribution < -0.4 is 0 Å². The lowest BCUT2D eigenvalue weighted by Crippen LogP contribution is -2.10. The highest BCUT2D eigenvalue weighted by atomic mass is 31.1. The first-order valence-electron chi connectivity index (χ1n) is 2.20. The van der Waals surface area contributed by atoms with Crippen LogP contribution in [0, 0.1) is 0 Å². The Morgan fingerprint density at radius 1 is 1.75 bits per heavy atom. The van der Waals surface area contributed by atoms with E-state index >= 15 is 0 Å². The normalized spacial score (nSPS) is 35.1. The van der Waals surface area contributed by atoms with E-state index in [1.54, 1.807) is 0 Å². The molecule has 1 aliphatic heterocycles. The van der Waals surface area contributed by atoms with E-state index in [0.717, 1.165) is 0 Å². The zero-order chi connectivity index (χ0) is 5.98. The number of alkyl halides is 1. The minimum absolute atomic E-state index is 0.182. The fourth-order valence-corrected chi connectivity index (χ4v) is 1.00. The van der Waals surface area contributed by atoms with Gasteiger partial charge in [-0.3, -0.25) is 0 Å². The molecular formula is C3H5FO3P+. The van der Waals surface area contributed by atoms with Crippen molar-refractivity contribution in [3.8, 4) is 0 Å². The molecule has 0 bridgehead atoms. The highest BCUT2D eigenvalue weighted by molar-refractivity contribution is 7.33. The maximum atomic E-state index is 11.9. The lowest BCUT2D eigenvalue weighted by Gasteiger charge is -2.01. The van der Waals surface area contributed by atoms with Gasteiger partial charge >= 0.3 is 8.25 Å².